The van der Waals surface area contributed by atoms with Crippen LogP contribution in [0.2, 0.25) is 0 Å². The molecule has 0 bridgehead atoms. The van der Waals surface area contributed by atoms with Crippen molar-refractivity contribution < 1.29 is 33.3 Å². The van der Waals surface area contributed by atoms with Gasteiger partial charge in [0.15, 0.2) is 5.82 Å². The minimum absolute atomic E-state index is 0.0478. The number of carbonyl (C=O) groups is 3. The van der Waals surface area contributed by atoms with Crippen LogP contribution in [-0.2, 0) is 41.9 Å². The predicted octanol–water partition coefficient (Wildman–Crippen LogP) is 3.42. The fourth-order valence-corrected chi connectivity index (χ4v) is 2.63. The highest BCUT2D eigenvalue weighted by Gasteiger charge is 2.30. The molecule has 0 saturated heterocycles. The van der Waals surface area contributed by atoms with Crippen molar-refractivity contribution in [3.63, 3.8) is 0 Å². The Kier molecular flexibility index (Phi) is 10.1. The first-order chi connectivity index (χ1) is 15.5. The summed E-state index contributed by atoms with van der Waals surface area (Å²) in [6, 6.07) is 9.44. The second-order valence-corrected chi connectivity index (χ2v) is 6.33. The van der Waals surface area contributed by atoms with Gasteiger partial charge in [-0.05, 0) is 32.4 Å². The summed E-state index contributed by atoms with van der Waals surface area (Å²) in [6.07, 6.45) is 1.58. The lowest BCUT2D eigenvalue weighted by Crippen LogP contribution is -2.31. The number of hydrogen-bond donors (Lipinski definition) is 0. The van der Waals surface area contributed by atoms with Gasteiger partial charge < -0.3 is 23.5 Å². The van der Waals surface area contributed by atoms with Crippen LogP contribution < -0.4 is 0 Å². The van der Waals surface area contributed by atoms with Crippen molar-refractivity contribution in [3.05, 3.63) is 53.7 Å². The smallest absolute Gasteiger partial charge is 0.344 e. The highest BCUT2D eigenvalue weighted by atomic mass is 16.6. The Morgan fingerprint density at radius 3 is 2.12 bits per heavy atom. The number of nitrogens with zero attached hydrogens (tertiary/aromatic N) is 3. The Morgan fingerprint density at radius 1 is 0.906 bits per heavy atom. The lowest BCUT2D eigenvalue weighted by molar-refractivity contribution is -0.156. The molecule has 2 aromatic rings. The summed E-state index contributed by atoms with van der Waals surface area (Å²) in [4.78, 5) is 36.6. The Labute approximate surface area is 186 Å². The molecule has 0 aliphatic rings. The first kappa shape index (κ1) is 24.7. The van der Waals surface area contributed by atoms with Crippen LogP contribution in [0.4, 0.5) is 5.82 Å². The van der Waals surface area contributed by atoms with Crippen LogP contribution in [0.5, 0.6) is 0 Å². The third-order valence-corrected chi connectivity index (χ3v) is 4.06. The van der Waals surface area contributed by atoms with E-state index in [2.05, 4.69) is 10.2 Å². The van der Waals surface area contributed by atoms with Gasteiger partial charge in [0.25, 0.3) is 6.04 Å². The molecule has 2 rings (SSSR count). The predicted molar refractivity (Wildman–Crippen MR) is 113 cm³/mol. The van der Waals surface area contributed by atoms with Crippen LogP contribution >= 0.6 is 0 Å². The number of azo groups is 1. The lowest BCUT2D eigenvalue weighted by Gasteiger charge is -2.11. The molecular formula is C22H27N3O7. The van der Waals surface area contributed by atoms with Crippen LogP contribution in [0, 0.1) is 0 Å². The van der Waals surface area contributed by atoms with Gasteiger partial charge in [0.05, 0.1) is 26.4 Å². The zero-order valence-electron chi connectivity index (χ0n) is 18.4. The van der Waals surface area contributed by atoms with E-state index in [4.69, 9.17) is 18.9 Å². The number of benzene rings is 1. The zero-order valence-corrected chi connectivity index (χ0v) is 18.4. The quantitative estimate of drug-likeness (QED) is 0.213. The molecule has 0 N–H and O–H groups in total. The fraction of sp³-hybridized carbons (Fsp3) is 0.409. The standard InChI is InChI=1S/C22H27N3O7/c1-4-30-20(26)17-12-13-25(15-29-14-16-10-8-7-9-11-16)19(17)24-23-18(21(27)31-5-2)22(28)32-6-3/h7-13,18H,4-6,14-15H2,1-3H3. The van der Waals surface area contributed by atoms with Gasteiger partial charge in [0.1, 0.15) is 12.3 Å². The van der Waals surface area contributed by atoms with Crippen LogP contribution in [0.25, 0.3) is 0 Å². The molecule has 1 aromatic carbocycles. The number of esters is 3. The summed E-state index contributed by atoms with van der Waals surface area (Å²) in [6.45, 7) is 5.54. The van der Waals surface area contributed by atoms with Crippen LogP contribution in [0.15, 0.2) is 52.8 Å². The summed E-state index contributed by atoms with van der Waals surface area (Å²) in [5, 5.41) is 7.83. The van der Waals surface area contributed by atoms with E-state index in [1.807, 2.05) is 30.3 Å². The minimum Gasteiger partial charge on any atom is -0.464 e. The van der Waals surface area contributed by atoms with Gasteiger partial charge >= 0.3 is 17.9 Å². The molecule has 0 amide bonds. The first-order valence-corrected chi connectivity index (χ1v) is 10.2. The summed E-state index contributed by atoms with van der Waals surface area (Å²) >= 11 is 0. The second-order valence-electron chi connectivity index (χ2n) is 6.33. The fourth-order valence-electron chi connectivity index (χ4n) is 2.63. The molecule has 0 atom stereocenters. The normalized spacial score (nSPS) is 11.0. The van der Waals surface area contributed by atoms with Gasteiger partial charge in [-0.1, -0.05) is 30.3 Å². The Morgan fingerprint density at radius 2 is 1.53 bits per heavy atom. The molecule has 0 fully saturated rings. The number of aromatic nitrogens is 1. The van der Waals surface area contributed by atoms with Gasteiger partial charge in [-0.2, -0.15) is 5.11 Å². The number of ether oxygens (including phenoxy) is 4. The SMILES string of the molecule is CCOC(=O)c1ccn(COCc2ccccc2)c1N=NC(C(=O)OCC)C(=O)OCC. The van der Waals surface area contributed by atoms with Gasteiger partial charge in [0.2, 0.25) is 0 Å². The van der Waals surface area contributed by atoms with Crippen LogP contribution in [0.1, 0.15) is 36.7 Å². The third-order valence-electron chi connectivity index (χ3n) is 4.06. The van der Waals surface area contributed by atoms with Crippen molar-refractivity contribution in [2.24, 2.45) is 10.2 Å². The van der Waals surface area contributed by atoms with Crippen LogP contribution in [-0.4, -0.2) is 48.3 Å². The van der Waals surface area contributed by atoms with Crippen molar-refractivity contribution in [2.45, 2.75) is 40.2 Å². The van der Waals surface area contributed by atoms with E-state index >= 15 is 0 Å². The zero-order chi connectivity index (χ0) is 23.3. The highest BCUT2D eigenvalue weighted by Crippen LogP contribution is 2.24. The summed E-state index contributed by atoms with van der Waals surface area (Å²) in [5.41, 5.74) is 1.09. The average Bonchev–Trinajstić information content (AvgIpc) is 3.18. The van der Waals surface area contributed by atoms with E-state index in [0.29, 0.717) is 6.61 Å². The van der Waals surface area contributed by atoms with Gasteiger partial charge in [-0.3, -0.25) is 0 Å². The molecule has 1 aromatic heterocycles. The molecule has 1 heterocycles. The molecule has 0 radical (unpaired) electrons. The molecule has 32 heavy (non-hydrogen) atoms. The minimum atomic E-state index is -1.61. The maximum Gasteiger partial charge on any atom is 0.344 e. The topological polar surface area (TPSA) is 118 Å². The van der Waals surface area contributed by atoms with Crippen molar-refractivity contribution in [3.8, 4) is 0 Å². The van der Waals surface area contributed by atoms with Crippen molar-refractivity contribution in [2.75, 3.05) is 19.8 Å². The molecule has 0 aliphatic carbocycles. The van der Waals surface area contributed by atoms with E-state index in [0.717, 1.165) is 5.56 Å². The monoisotopic (exact) mass is 445 g/mol. The second kappa shape index (κ2) is 13.0. The van der Waals surface area contributed by atoms with E-state index < -0.39 is 23.9 Å². The van der Waals surface area contributed by atoms with Gasteiger partial charge in [-0.25, -0.2) is 14.4 Å². The maximum atomic E-state index is 12.3. The molecule has 172 valence electrons. The molecule has 0 saturated carbocycles. The molecule has 0 spiro atoms. The lowest BCUT2D eigenvalue weighted by atomic mass is 10.2. The Bertz CT molecular complexity index is 907. The number of hydrogen-bond acceptors (Lipinski definition) is 9. The Hall–Kier alpha value is -3.53. The highest BCUT2D eigenvalue weighted by molar-refractivity contribution is 5.99. The summed E-state index contributed by atoms with van der Waals surface area (Å²) < 4.78 is 22.1. The molecule has 0 aliphatic heterocycles. The van der Waals surface area contributed by atoms with E-state index in [1.165, 1.54) is 10.6 Å². The van der Waals surface area contributed by atoms with E-state index in [-0.39, 0.29) is 37.9 Å². The molecule has 10 nitrogen and oxygen atoms in total. The van der Waals surface area contributed by atoms with Gasteiger partial charge in [0, 0.05) is 6.20 Å². The average molecular weight is 445 g/mol. The molecular weight excluding hydrogens is 418 g/mol. The Balaban J connectivity index is 2.27. The molecule has 0 unspecified atom stereocenters. The van der Waals surface area contributed by atoms with Crippen molar-refractivity contribution in [1.29, 1.82) is 0 Å². The van der Waals surface area contributed by atoms with Gasteiger partial charge in [-0.15, -0.1) is 5.11 Å². The number of rotatable bonds is 12. The number of carbonyl (C=O) groups excluding carboxylic acids is 3. The largest absolute Gasteiger partial charge is 0.464 e. The third kappa shape index (κ3) is 7.02. The van der Waals surface area contributed by atoms with Crippen molar-refractivity contribution >= 4 is 23.7 Å². The first-order valence-electron chi connectivity index (χ1n) is 10.2. The van der Waals surface area contributed by atoms with E-state index in [1.54, 1.807) is 27.0 Å². The summed E-state index contributed by atoms with van der Waals surface area (Å²) in [7, 11) is 0. The maximum absolute atomic E-state index is 12.3. The van der Waals surface area contributed by atoms with E-state index in [9.17, 15) is 14.4 Å². The van der Waals surface area contributed by atoms with Crippen LogP contribution in [0.3, 0.4) is 0 Å². The van der Waals surface area contributed by atoms with Crippen molar-refractivity contribution in [1.82, 2.24) is 4.57 Å². The molecule has 10 heteroatoms. The summed E-state index contributed by atoms with van der Waals surface area (Å²) in [5.74, 6) is -2.33.